The van der Waals surface area contributed by atoms with Crippen LogP contribution >= 0.6 is 23.5 Å². The van der Waals surface area contributed by atoms with E-state index in [1.807, 2.05) is 0 Å². The van der Waals surface area contributed by atoms with Crippen molar-refractivity contribution in [2.24, 2.45) is 16.6 Å². The van der Waals surface area contributed by atoms with Gasteiger partial charge in [0.25, 0.3) is 5.91 Å². The van der Waals surface area contributed by atoms with Gasteiger partial charge in [-0.25, -0.2) is 27.8 Å². The van der Waals surface area contributed by atoms with Crippen molar-refractivity contribution in [3.8, 4) is 0 Å². The monoisotopic (exact) mass is 612 g/mol. The third-order valence-corrected chi connectivity index (χ3v) is 8.96. The van der Waals surface area contributed by atoms with Gasteiger partial charge in [0.1, 0.15) is 23.2 Å². The Balaban J connectivity index is 1.40. The number of nitrogens with zero attached hydrogens (tertiary/aromatic N) is 5. The van der Waals surface area contributed by atoms with E-state index in [2.05, 4.69) is 26.2 Å². The van der Waals surface area contributed by atoms with Crippen LogP contribution in [0.1, 0.15) is 11.6 Å². The molecule has 4 rings (SSSR count). The number of benzene rings is 1. The molecule has 0 saturated carbocycles. The number of nitrogens with two attached hydrogens (primary N) is 3. The van der Waals surface area contributed by atoms with Gasteiger partial charge in [0.15, 0.2) is 0 Å². The number of aromatic nitrogens is 4. The highest BCUT2D eigenvalue weighted by Gasteiger charge is 2.54. The van der Waals surface area contributed by atoms with E-state index >= 15 is 0 Å². The highest BCUT2D eigenvalue weighted by molar-refractivity contribution is 8.01. The lowest BCUT2D eigenvalue weighted by atomic mass is 10.0. The lowest BCUT2D eigenvalue weighted by Crippen LogP contribution is -2.71. The van der Waals surface area contributed by atoms with Crippen LogP contribution in [-0.4, -0.2) is 91.1 Å². The van der Waals surface area contributed by atoms with E-state index in [0.717, 1.165) is 16.7 Å². The predicted octanol–water partition coefficient (Wildman–Crippen LogP) is -2.02. The fraction of sp³-hybridized carbons (Fsp3) is 0.350. The molecule has 40 heavy (non-hydrogen) atoms. The highest BCUT2D eigenvalue weighted by Crippen LogP contribution is 2.41. The molecule has 3 heterocycles. The van der Waals surface area contributed by atoms with Gasteiger partial charge in [0.05, 0.1) is 12.3 Å². The first-order valence-corrected chi connectivity index (χ1v) is 15.1. The number of thioether (sulfide) groups is 2. The number of primary amides is 1. The predicted molar refractivity (Wildman–Crippen MR) is 143 cm³/mol. The Morgan fingerprint density at radius 2 is 1.95 bits per heavy atom. The molecule has 3 unspecified atom stereocenters. The Labute approximate surface area is 235 Å². The fourth-order valence-corrected chi connectivity index (χ4v) is 6.73. The maximum absolute atomic E-state index is 13.0. The number of primary sulfonamides is 1. The Morgan fingerprint density at radius 1 is 1.25 bits per heavy atom. The van der Waals surface area contributed by atoms with Crippen molar-refractivity contribution in [2.75, 3.05) is 22.6 Å². The number of anilines is 1. The Bertz CT molecular complexity index is 1480. The van der Waals surface area contributed by atoms with Crippen molar-refractivity contribution >= 4 is 63.0 Å². The number of sulfonamides is 1. The molecule has 1 aromatic carbocycles. The largest absolute Gasteiger partial charge is 0.477 e. The molecular formula is C20H24N10O7S3. The van der Waals surface area contributed by atoms with Gasteiger partial charge in [-0.2, -0.15) is 0 Å². The molecule has 0 aliphatic carbocycles. The zero-order valence-electron chi connectivity index (χ0n) is 20.5. The average Bonchev–Trinajstić information content (AvgIpc) is 3.35. The van der Waals surface area contributed by atoms with Gasteiger partial charge >= 0.3 is 12.0 Å². The van der Waals surface area contributed by atoms with Crippen molar-refractivity contribution in [3.05, 3.63) is 41.1 Å². The molecule has 20 heteroatoms. The summed E-state index contributed by atoms with van der Waals surface area (Å²) in [4.78, 5) is 49.9. The van der Waals surface area contributed by atoms with Gasteiger partial charge in [0, 0.05) is 17.2 Å². The van der Waals surface area contributed by atoms with Gasteiger partial charge < -0.3 is 27.2 Å². The second kappa shape index (κ2) is 11.8. The minimum absolute atomic E-state index is 0.0850. The van der Waals surface area contributed by atoms with Crippen LogP contribution in [0, 0.1) is 0 Å². The third kappa shape index (κ3) is 6.53. The molecule has 0 bridgehead atoms. The number of amides is 4. The van der Waals surface area contributed by atoms with E-state index in [1.54, 1.807) is 0 Å². The summed E-state index contributed by atoms with van der Waals surface area (Å²) in [5, 5.41) is 30.5. The van der Waals surface area contributed by atoms with Gasteiger partial charge in [-0.05, 0) is 33.7 Å². The van der Waals surface area contributed by atoms with E-state index in [0.29, 0.717) is 16.8 Å². The number of hydrogen-bond donors (Lipinski definition) is 6. The topological polar surface area (TPSA) is 272 Å². The Hall–Kier alpha value is -3.72. The van der Waals surface area contributed by atoms with Crippen LogP contribution in [0.2, 0.25) is 0 Å². The summed E-state index contributed by atoms with van der Waals surface area (Å²) in [7, 11) is -3.74. The quantitative estimate of drug-likeness (QED) is 0.118. The zero-order chi connectivity index (χ0) is 29.2. The molecule has 1 fully saturated rings. The first-order chi connectivity index (χ1) is 18.9. The van der Waals surface area contributed by atoms with Crippen LogP contribution in [0.25, 0.3) is 0 Å². The Morgan fingerprint density at radius 3 is 2.58 bits per heavy atom. The maximum Gasteiger partial charge on any atom is 0.352 e. The summed E-state index contributed by atoms with van der Waals surface area (Å²) in [5.74, 6) is -2.57. The number of hydrogen-bond acceptors (Lipinski definition) is 12. The number of rotatable bonds is 11. The summed E-state index contributed by atoms with van der Waals surface area (Å²) < 4.78 is 23.7. The van der Waals surface area contributed by atoms with Crippen LogP contribution in [0.15, 0.2) is 40.7 Å². The van der Waals surface area contributed by atoms with Crippen LogP contribution in [0.4, 0.5) is 10.5 Å². The molecule has 0 spiro atoms. The molecule has 2 aromatic rings. The lowest BCUT2D eigenvalue weighted by molar-refractivity contribution is -0.150. The number of tetrazole rings is 1. The molecule has 4 amide bonds. The first kappa shape index (κ1) is 29.3. The van der Waals surface area contributed by atoms with Crippen LogP contribution in [0.5, 0.6) is 0 Å². The van der Waals surface area contributed by atoms with E-state index in [9.17, 15) is 32.7 Å². The lowest BCUT2D eigenvalue weighted by Gasteiger charge is -2.49. The van der Waals surface area contributed by atoms with E-state index in [4.69, 9.17) is 16.6 Å². The molecule has 3 atom stereocenters. The zero-order valence-corrected chi connectivity index (χ0v) is 22.9. The molecule has 9 N–H and O–H groups in total. The molecule has 1 aromatic heterocycles. The number of aliphatic carboxylic acids is 1. The van der Waals surface area contributed by atoms with E-state index in [-0.39, 0.29) is 34.7 Å². The summed E-state index contributed by atoms with van der Waals surface area (Å²) in [6.45, 7) is -0.0850. The normalized spacial score (nSPS) is 19.4. The molecule has 2 aliphatic heterocycles. The van der Waals surface area contributed by atoms with Crippen molar-refractivity contribution in [2.45, 2.75) is 29.2 Å². The summed E-state index contributed by atoms with van der Waals surface area (Å²) in [6, 6.07) is 3.24. The number of carboxylic acids is 1. The number of aryl methyl sites for hydroxylation is 1. The van der Waals surface area contributed by atoms with Crippen molar-refractivity contribution in [1.82, 2.24) is 30.4 Å². The first-order valence-electron chi connectivity index (χ1n) is 11.4. The third-order valence-electron chi connectivity index (χ3n) is 5.83. The van der Waals surface area contributed by atoms with Gasteiger partial charge in [-0.1, -0.05) is 23.9 Å². The molecule has 2 aliphatic rings. The number of carboxylic acid groups (broad SMARTS) is 1. The smallest absolute Gasteiger partial charge is 0.352 e. The number of urea groups is 1. The minimum atomic E-state index is -3.74. The van der Waals surface area contributed by atoms with Crippen LogP contribution < -0.4 is 27.2 Å². The summed E-state index contributed by atoms with van der Waals surface area (Å²) in [5.41, 5.74) is 12.2. The number of carbonyl (C=O) groups excluding carboxylic acids is 3. The molecular weight excluding hydrogens is 588 g/mol. The number of carbonyl (C=O) groups is 4. The van der Waals surface area contributed by atoms with Crippen LogP contribution in [0.3, 0.4) is 0 Å². The standard InChI is InChI=1S/C20H24N10O7S3/c21-12(9-1-3-11(4-2-9)24-19(22)35)15(31)25-13-16(32)30-14(18(33)34)10(7-38-17(13)30)8-39-20-26-27-28-29(20)5-6-40(23,36)37/h1-4,12-13,17H,5-8,21H2,(H,25,31)(H,33,34)(H3,22,24,35)(H2,23,36,37). The average molecular weight is 613 g/mol. The van der Waals surface area contributed by atoms with E-state index in [1.165, 1.54) is 40.7 Å². The van der Waals surface area contributed by atoms with Crippen LogP contribution in [-0.2, 0) is 31.0 Å². The Kier molecular flexibility index (Phi) is 8.63. The van der Waals surface area contributed by atoms with Gasteiger partial charge in [-0.15, -0.1) is 16.9 Å². The number of fused-ring (bicyclic) bond motifs is 1. The molecule has 214 valence electrons. The maximum atomic E-state index is 13.0. The van der Waals surface area contributed by atoms with Crippen molar-refractivity contribution < 1.29 is 32.7 Å². The molecule has 1 saturated heterocycles. The fourth-order valence-electron chi connectivity index (χ4n) is 3.91. The molecule has 17 nitrogen and oxygen atoms in total. The summed E-state index contributed by atoms with van der Waals surface area (Å²) >= 11 is 2.35. The van der Waals surface area contributed by atoms with E-state index < -0.39 is 51.3 Å². The second-order valence-corrected chi connectivity index (χ2v) is 12.4. The number of nitrogens with one attached hydrogen (secondary N) is 2. The van der Waals surface area contributed by atoms with Gasteiger partial charge in [0.2, 0.25) is 21.1 Å². The number of β-lactam (4-membered cyclic amide) rings is 1. The minimum Gasteiger partial charge on any atom is -0.477 e. The SMILES string of the molecule is NC(=O)Nc1ccc(C(N)C(=O)NC2C(=O)N3C(C(=O)O)=C(CSc4nnnn4CCS(N)(=O)=O)CSC23)cc1. The van der Waals surface area contributed by atoms with Gasteiger partial charge in [-0.3, -0.25) is 14.5 Å². The highest BCUT2D eigenvalue weighted by atomic mass is 32.2. The van der Waals surface area contributed by atoms with Crippen molar-refractivity contribution in [1.29, 1.82) is 0 Å². The van der Waals surface area contributed by atoms with Crippen molar-refractivity contribution in [3.63, 3.8) is 0 Å². The molecule has 0 radical (unpaired) electrons. The second-order valence-electron chi connectivity index (χ2n) is 8.58. The summed E-state index contributed by atoms with van der Waals surface area (Å²) in [6.07, 6.45) is 0.